The van der Waals surface area contributed by atoms with Gasteiger partial charge in [0.25, 0.3) is 0 Å². The van der Waals surface area contributed by atoms with E-state index in [-0.39, 0.29) is 19.0 Å². The lowest BCUT2D eigenvalue weighted by molar-refractivity contribution is 0.0138. The molecule has 80 valence electrons. The van der Waals surface area contributed by atoms with Crippen LogP contribution in [0.2, 0.25) is 0 Å². The van der Waals surface area contributed by atoms with Crippen molar-refractivity contribution in [2.75, 3.05) is 13.4 Å². The van der Waals surface area contributed by atoms with Crippen LogP contribution in [-0.2, 0) is 15.1 Å². The van der Waals surface area contributed by atoms with E-state index >= 15 is 0 Å². The second-order valence-corrected chi connectivity index (χ2v) is 3.33. The Hall–Kier alpha value is -1.26. The highest BCUT2D eigenvalue weighted by molar-refractivity contribution is 5.30. The number of rotatable bonds is 2. The van der Waals surface area contributed by atoms with Crippen molar-refractivity contribution in [1.82, 2.24) is 0 Å². The first-order valence-corrected chi connectivity index (χ1v) is 4.49. The molecule has 2 nitrogen and oxygen atoms in total. The second-order valence-electron chi connectivity index (χ2n) is 3.33. The van der Waals surface area contributed by atoms with E-state index in [0.29, 0.717) is 0 Å². The molecular formula is C11H10F2O2. The summed E-state index contributed by atoms with van der Waals surface area (Å²) < 4.78 is 36.6. The van der Waals surface area contributed by atoms with Crippen LogP contribution in [-0.4, -0.2) is 13.4 Å². The number of benzene rings is 1. The van der Waals surface area contributed by atoms with Crippen LogP contribution in [0.25, 0.3) is 0 Å². The van der Waals surface area contributed by atoms with Crippen molar-refractivity contribution in [3.8, 4) is 0 Å². The molecule has 0 aliphatic carbocycles. The zero-order valence-electron chi connectivity index (χ0n) is 8.00. The van der Waals surface area contributed by atoms with Crippen molar-refractivity contribution in [3.63, 3.8) is 0 Å². The molecule has 0 aromatic heterocycles. The van der Waals surface area contributed by atoms with Crippen LogP contribution in [0, 0.1) is 11.6 Å². The summed E-state index contributed by atoms with van der Waals surface area (Å²) in [6.07, 6.45) is 1.47. The van der Waals surface area contributed by atoms with E-state index in [0.717, 1.165) is 6.07 Å². The molecule has 1 aliphatic heterocycles. The summed E-state index contributed by atoms with van der Waals surface area (Å²) in [5.74, 6) is -1.27. The van der Waals surface area contributed by atoms with Crippen LogP contribution in [0.5, 0.6) is 0 Å². The molecular weight excluding hydrogens is 202 g/mol. The van der Waals surface area contributed by atoms with Crippen molar-refractivity contribution in [2.45, 2.75) is 5.60 Å². The van der Waals surface area contributed by atoms with E-state index in [1.54, 1.807) is 0 Å². The quantitative estimate of drug-likeness (QED) is 0.700. The molecule has 0 N–H and O–H groups in total. The van der Waals surface area contributed by atoms with E-state index in [9.17, 15) is 8.78 Å². The van der Waals surface area contributed by atoms with Gasteiger partial charge in [0.05, 0.1) is 6.61 Å². The minimum atomic E-state index is -0.988. The van der Waals surface area contributed by atoms with Crippen molar-refractivity contribution in [3.05, 3.63) is 48.1 Å². The predicted octanol–water partition coefficient (Wildman–Crippen LogP) is 2.35. The SMILES string of the molecule is C=C[C@@]1(c2ccc(F)cc2F)COCO1. The first-order chi connectivity index (χ1) is 7.18. The average molecular weight is 212 g/mol. The Morgan fingerprint density at radius 1 is 1.40 bits per heavy atom. The normalized spacial score (nSPS) is 25.5. The molecule has 1 fully saturated rings. The van der Waals surface area contributed by atoms with Crippen LogP contribution >= 0.6 is 0 Å². The third kappa shape index (κ3) is 1.66. The molecule has 0 amide bonds. The number of halogens is 2. The molecule has 0 saturated carbocycles. The van der Waals surface area contributed by atoms with Crippen LogP contribution in [0.3, 0.4) is 0 Å². The predicted molar refractivity (Wildman–Crippen MR) is 50.1 cm³/mol. The Balaban J connectivity index is 2.47. The maximum Gasteiger partial charge on any atom is 0.148 e. The van der Waals surface area contributed by atoms with Crippen molar-refractivity contribution >= 4 is 0 Å². The van der Waals surface area contributed by atoms with Gasteiger partial charge in [0.1, 0.15) is 24.0 Å². The number of hydrogen-bond donors (Lipinski definition) is 0. The fraction of sp³-hybridized carbons (Fsp3) is 0.273. The lowest BCUT2D eigenvalue weighted by Gasteiger charge is -2.23. The van der Waals surface area contributed by atoms with E-state index < -0.39 is 17.2 Å². The van der Waals surface area contributed by atoms with Gasteiger partial charge in [-0.2, -0.15) is 0 Å². The zero-order chi connectivity index (χ0) is 10.9. The fourth-order valence-electron chi connectivity index (χ4n) is 1.60. The lowest BCUT2D eigenvalue weighted by atomic mass is 9.94. The average Bonchev–Trinajstić information content (AvgIpc) is 2.67. The van der Waals surface area contributed by atoms with Crippen molar-refractivity contribution < 1.29 is 18.3 Å². The Kier molecular flexibility index (Phi) is 2.54. The van der Waals surface area contributed by atoms with Gasteiger partial charge in [0.2, 0.25) is 0 Å². The minimum absolute atomic E-state index is 0.0861. The Morgan fingerprint density at radius 2 is 2.20 bits per heavy atom. The van der Waals surface area contributed by atoms with E-state index in [4.69, 9.17) is 9.47 Å². The van der Waals surface area contributed by atoms with Crippen LogP contribution in [0.15, 0.2) is 30.9 Å². The molecule has 4 heteroatoms. The summed E-state index contributed by atoms with van der Waals surface area (Å²) in [6, 6.07) is 3.36. The molecule has 1 aromatic carbocycles. The molecule has 1 saturated heterocycles. The van der Waals surface area contributed by atoms with Gasteiger partial charge in [-0.15, -0.1) is 0 Å². The summed E-state index contributed by atoms with van der Waals surface area (Å²) in [6.45, 7) is 3.87. The molecule has 0 radical (unpaired) electrons. The van der Waals surface area contributed by atoms with E-state index in [1.165, 1.54) is 18.2 Å². The molecule has 0 spiro atoms. The number of ether oxygens (including phenoxy) is 2. The van der Waals surface area contributed by atoms with Gasteiger partial charge in [0, 0.05) is 11.6 Å². The summed E-state index contributed by atoms with van der Waals surface area (Å²) in [4.78, 5) is 0. The topological polar surface area (TPSA) is 18.5 Å². The minimum Gasteiger partial charge on any atom is -0.352 e. The van der Waals surface area contributed by atoms with Crippen LogP contribution in [0.4, 0.5) is 8.78 Å². The molecule has 0 unspecified atom stereocenters. The van der Waals surface area contributed by atoms with Crippen LogP contribution < -0.4 is 0 Å². The highest BCUT2D eigenvalue weighted by Gasteiger charge is 2.37. The molecule has 1 aliphatic rings. The molecule has 1 aromatic rings. The Morgan fingerprint density at radius 3 is 2.73 bits per heavy atom. The van der Waals surface area contributed by atoms with E-state index in [2.05, 4.69) is 6.58 Å². The van der Waals surface area contributed by atoms with Gasteiger partial charge in [0.15, 0.2) is 0 Å². The zero-order valence-corrected chi connectivity index (χ0v) is 8.00. The van der Waals surface area contributed by atoms with Crippen LogP contribution in [0.1, 0.15) is 5.56 Å². The smallest absolute Gasteiger partial charge is 0.148 e. The standard InChI is InChI=1S/C11H10F2O2/c1-2-11(6-14-7-15-11)9-4-3-8(12)5-10(9)13/h2-5H,1,6-7H2/t11-/m0/s1. The highest BCUT2D eigenvalue weighted by Crippen LogP contribution is 2.33. The maximum absolute atomic E-state index is 13.5. The lowest BCUT2D eigenvalue weighted by Crippen LogP contribution is -2.26. The summed E-state index contributed by atoms with van der Waals surface area (Å²) in [5, 5.41) is 0. The van der Waals surface area contributed by atoms with Gasteiger partial charge >= 0.3 is 0 Å². The van der Waals surface area contributed by atoms with Gasteiger partial charge in [-0.1, -0.05) is 12.7 Å². The molecule has 1 atom stereocenters. The summed E-state index contributed by atoms with van der Waals surface area (Å²) in [5.41, 5.74) is -0.742. The van der Waals surface area contributed by atoms with Gasteiger partial charge in [-0.05, 0) is 12.1 Å². The first-order valence-electron chi connectivity index (χ1n) is 4.49. The highest BCUT2D eigenvalue weighted by atomic mass is 19.1. The summed E-state index contributed by atoms with van der Waals surface area (Å²) in [7, 11) is 0. The first kappa shape index (κ1) is 10.3. The molecule has 1 heterocycles. The Labute approximate surface area is 86.1 Å². The van der Waals surface area contributed by atoms with Gasteiger partial charge in [-0.3, -0.25) is 0 Å². The van der Waals surface area contributed by atoms with Gasteiger partial charge in [-0.25, -0.2) is 8.78 Å². The Bertz CT molecular complexity index is 384. The van der Waals surface area contributed by atoms with Gasteiger partial charge < -0.3 is 9.47 Å². The third-order valence-corrected chi connectivity index (χ3v) is 2.43. The van der Waals surface area contributed by atoms with Crippen molar-refractivity contribution in [2.24, 2.45) is 0 Å². The summed E-state index contributed by atoms with van der Waals surface area (Å²) >= 11 is 0. The molecule has 15 heavy (non-hydrogen) atoms. The van der Waals surface area contributed by atoms with E-state index in [1.807, 2.05) is 0 Å². The maximum atomic E-state index is 13.5. The molecule has 2 rings (SSSR count). The third-order valence-electron chi connectivity index (χ3n) is 2.43. The van der Waals surface area contributed by atoms with Crippen molar-refractivity contribution in [1.29, 1.82) is 0 Å². The number of hydrogen-bond acceptors (Lipinski definition) is 2. The second kappa shape index (κ2) is 3.72. The monoisotopic (exact) mass is 212 g/mol. The largest absolute Gasteiger partial charge is 0.352 e. The fourth-order valence-corrected chi connectivity index (χ4v) is 1.60. The molecule has 0 bridgehead atoms.